The minimum Gasteiger partial charge on any atom is -0.495 e. The molecular formula is C21H15Cl3O3. The first kappa shape index (κ1) is 18.3. The third-order valence-corrected chi connectivity index (χ3v) is 5.63. The van der Waals surface area contributed by atoms with Gasteiger partial charge in [-0.25, -0.2) is 0 Å². The van der Waals surface area contributed by atoms with E-state index in [1.54, 1.807) is 21.3 Å². The third kappa shape index (κ3) is 2.82. The maximum absolute atomic E-state index is 6.42. The molecule has 0 saturated heterocycles. The molecule has 0 aliphatic rings. The Morgan fingerprint density at radius 2 is 0.667 bits per heavy atom. The molecule has 0 radical (unpaired) electrons. The molecule has 4 aromatic rings. The van der Waals surface area contributed by atoms with Crippen LogP contribution in [0.1, 0.15) is 0 Å². The van der Waals surface area contributed by atoms with Crippen molar-refractivity contribution in [1.29, 1.82) is 0 Å². The monoisotopic (exact) mass is 420 g/mol. The van der Waals surface area contributed by atoms with E-state index in [0.717, 1.165) is 32.3 Å². The van der Waals surface area contributed by atoms with Crippen LogP contribution in [0.5, 0.6) is 17.2 Å². The van der Waals surface area contributed by atoms with E-state index in [1.807, 2.05) is 36.4 Å². The molecule has 0 heterocycles. The van der Waals surface area contributed by atoms with Crippen LogP contribution in [0.25, 0.3) is 32.3 Å². The quantitative estimate of drug-likeness (QED) is 0.329. The highest BCUT2D eigenvalue weighted by Gasteiger charge is 2.16. The van der Waals surface area contributed by atoms with E-state index in [9.17, 15) is 0 Å². The lowest BCUT2D eigenvalue weighted by Gasteiger charge is -2.16. The summed E-state index contributed by atoms with van der Waals surface area (Å²) in [4.78, 5) is 0. The first-order valence-electron chi connectivity index (χ1n) is 8.12. The summed E-state index contributed by atoms with van der Waals surface area (Å²) in [5.74, 6) is 1.79. The van der Waals surface area contributed by atoms with Crippen molar-refractivity contribution in [3.63, 3.8) is 0 Å². The van der Waals surface area contributed by atoms with Crippen LogP contribution in [0.3, 0.4) is 0 Å². The lowest BCUT2D eigenvalue weighted by atomic mass is 9.93. The Bertz CT molecular complexity index is 1220. The summed E-state index contributed by atoms with van der Waals surface area (Å²) in [5.41, 5.74) is 0. The van der Waals surface area contributed by atoms with Gasteiger partial charge in [0, 0.05) is 0 Å². The van der Waals surface area contributed by atoms with E-state index >= 15 is 0 Å². The number of ether oxygens (including phenoxy) is 3. The molecule has 0 atom stereocenters. The molecule has 0 aromatic heterocycles. The zero-order valence-corrected chi connectivity index (χ0v) is 17.1. The summed E-state index contributed by atoms with van der Waals surface area (Å²) in [6, 6.07) is 11.4. The van der Waals surface area contributed by atoms with Gasteiger partial charge in [0.05, 0.1) is 36.4 Å². The molecule has 4 aromatic carbocycles. The van der Waals surface area contributed by atoms with Crippen molar-refractivity contribution in [2.45, 2.75) is 0 Å². The molecule has 6 heteroatoms. The molecule has 0 unspecified atom stereocenters. The normalized spacial score (nSPS) is 11.3. The molecule has 0 saturated carbocycles. The maximum Gasteiger partial charge on any atom is 0.138 e. The second-order valence-electron chi connectivity index (χ2n) is 6.10. The van der Waals surface area contributed by atoms with Gasteiger partial charge in [0.2, 0.25) is 0 Å². The topological polar surface area (TPSA) is 27.7 Å². The Hall–Kier alpha value is -2.07. The molecule has 138 valence electrons. The predicted molar refractivity (Wildman–Crippen MR) is 114 cm³/mol. The van der Waals surface area contributed by atoms with Crippen LogP contribution in [0.15, 0.2) is 36.4 Å². The molecule has 0 aliphatic carbocycles. The Morgan fingerprint density at radius 1 is 0.444 bits per heavy atom. The minimum absolute atomic E-state index is 0.525. The summed E-state index contributed by atoms with van der Waals surface area (Å²) in [5, 5.41) is 7.35. The smallest absolute Gasteiger partial charge is 0.138 e. The molecule has 0 fully saturated rings. The molecule has 0 aliphatic heterocycles. The Labute approximate surface area is 171 Å². The van der Waals surface area contributed by atoms with Gasteiger partial charge in [-0.3, -0.25) is 0 Å². The number of rotatable bonds is 3. The highest BCUT2D eigenvalue weighted by Crippen LogP contribution is 2.44. The fourth-order valence-corrected chi connectivity index (χ4v) is 4.19. The summed E-state index contributed by atoms with van der Waals surface area (Å²) < 4.78 is 16.3. The Morgan fingerprint density at radius 3 is 0.889 bits per heavy atom. The van der Waals surface area contributed by atoms with Gasteiger partial charge in [0.25, 0.3) is 0 Å². The van der Waals surface area contributed by atoms with E-state index in [1.165, 1.54) is 0 Å². The summed E-state index contributed by atoms with van der Waals surface area (Å²) >= 11 is 19.2. The van der Waals surface area contributed by atoms with Gasteiger partial charge in [-0.1, -0.05) is 34.8 Å². The zero-order valence-electron chi connectivity index (χ0n) is 14.8. The van der Waals surface area contributed by atoms with Gasteiger partial charge in [-0.2, -0.15) is 0 Å². The predicted octanol–water partition coefficient (Wildman–Crippen LogP) is 7.13. The lowest BCUT2D eigenvalue weighted by molar-refractivity contribution is 0.415. The number of halogens is 3. The van der Waals surface area contributed by atoms with Crippen molar-refractivity contribution in [3.8, 4) is 17.2 Å². The van der Waals surface area contributed by atoms with E-state index in [0.29, 0.717) is 32.3 Å². The highest BCUT2D eigenvalue weighted by atomic mass is 35.5. The van der Waals surface area contributed by atoms with E-state index < -0.39 is 0 Å². The van der Waals surface area contributed by atoms with Crippen molar-refractivity contribution in [2.75, 3.05) is 21.3 Å². The van der Waals surface area contributed by atoms with Gasteiger partial charge in [-0.15, -0.1) is 0 Å². The van der Waals surface area contributed by atoms with Crippen molar-refractivity contribution in [1.82, 2.24) is 0 Å². The average Bonchev–Trinajstić information content (AvgIpc) is 2.67. The maximum atomic E-state index is 6.42. The number of hydrogen-bond donors (Lipinski definition) is 0. The SMILES string of the molecule is COc1cc2c(cc1Cl)c1cc(Cl)c(OC)cc1c1cc(OC)c(Cl)cc21. The lowest BCUT2D eigenvalue weighted by Crippen LogP contribution is -1.91. The highest BCUT2D eigenvalue weighted by molar-refractivity contribution is 6.38. The first-order valence-corrected chi connectivity index (χ1v) is 9.25. The van der Waals surface area contributed by atoms with Gasteiger partial charge in [-0.05, 0) is 68.7 Å². The molecule has 27 heavy (non-hydrogen) atoms. The van der Waals surface area contributed by atoms with Gasteiger partial charge in [0.15, 0.2) is 0 Å². The fourth-order valence-electron chi connectivity index (χ4n) is 3.47. The van der Waals surface area contributed by atoms with Gasteiger partial charge < -0.3 is 14.2 Å². The van der Waals surface area contributed by atoms with Gasteiger partial charge >= 0.3 is 0 Å². The molecule has 0 amide bonds. The van der Waals surface area contributed by atoms with E-state index in [4.69, 9.17) is 49.0 Å². The number of benzene rings is 4. The van der Waals surface area contributed by atoms with Crippen LogP contribution in [-0.4, -0.2) is 21.3 Å². The number of hydrogen-bond acceptors (Lipinski definition) is 3. The average molecular weight is 422 g/mol. The minimum atomic E-state index is 0.525. The summed E-state index contributed by atoms with van der Waals surface area (Å²) in [6.07, 6.45) is 0. The second kappa shape index (κ2) is 6.83. The van der Waals surface area contributed by atoms with Crippen molar-refractivity contribution in [2.24, 2.45) is 0 Å². The van der Waals surface area contributed by atoms with E-state index in [2.05, 4.69) is 0 Å². The molecule has 0 bridgehead atoms. The van der Waals surface area contributed by atoms with Crippen LogP contribution in [0.2, 0.25) is 15.1 Å². The largest absolute Gasteiger partial charge is 0.495 e. The van der Waals surface area contributed by atoms with Crippen LogP contribution < -0.4 is 14.2 Å². The number of fused-ring (bicyclic) bond motifs is 6. The van der Waals surface area contributed by atoms with Crippen molar-refractivity contribution < 1.29 is 14.2 Å². The molecule has 4 rings (SSSR count). The fraction of sp³-hybridized carbons (Fsp3) is 0.143. The van der Waals surface area contributed by atoms with Gasteiger partial charge in [0.1, 0.15) is 17.2 Å². The summed E-state index contributed by atoms with van der Waals surface area (Å²) in [7, 11) is 4.78. The third-order valence-electron chi connectivity index (χ3n) is 4.75. The van der Waals surface area contributed by atoms with Crippen LogP contribution >= 0.6 is 34.8 Å². The van der Waals surface area contributed by atoms with Crippen LogP contribution in [0.4, 0.5) is 0 Å². The van der Waals surface area contributed by atoms with Crippen molar-refractivity contribution in [3.05, 3.63) is 51.5 Å². The molecule has 0 spiro atoms. The number of methoxy groups -OCH3 is 3. The molecule has 3 nitrogen and oxygen atoms in total. The van der Waals surface area contributed by atoms with E-state index in [-0.39, 0.29) is 0 Å². The standard InChI is InChI=1S/C21H15Cl3O3/c1-25-19-7-13-10(4-16(19)22)11-5-17(23)20(26-2)8-14(11)15-9-21(27-3)18(24)6-12(13)15/h4-9H,1-3H3. The van der Waals surface area contributed by atoms with Crippen molar-refractivity contribution >= 4 is 67.1 Å². The molecular weight excluding hydrogens is 407 g/mol. The zero-order chi connectivity index (χ0) is 19.3. The van der Waals surface area contributed by atoms with Crippen LogP contribution in [-0.2, 0) is 0 Å². The van der Waals surface area contributed by atoms with Crippen LogP contribution in [0, 0.1) is 0 Å². The Kier molecular flexibility index (Phi) is 4.63. The summed E-state index contributed by atoms with van der Waals surface area (Å²) in [6.45, 7) is 0. The second-order valence-corrected chi connectivity index (χ2v) is 7.32. The Balaban J connectivity index is 2.32. The molecule has 0 N–H and O–H groups in total. The first-order chi connectivity index (χ1) is 13.0.